The third-order valence-corrected chi connectivity index (χ3v) is 7.21. The molecule has 0 aliphatic carbocycles. The zero-order valence-electron chi connectivity index (χ0n) is 21.0. The summed E-state index contributed by atoms with van der Waals surface area (Å²) in [4.78, 5) is 26.4. The van der Waals surface area contributed by atoms with E-state index in [9.17, 15) is 13.2 Å². The van der Waals surface area contributed by atoms with Crippen LogP contribution in [0.4, 0.5) is 23.1 Å². The highest BCUT2D eigenvalue weighted by molar-refractivity contribution is 7.92. The number of carbonyl (C=O) groups is 1. The minimum Gasteiger partial charge on any atom is -0.459 e. The molecular formula is C26H28N6O5S. The number of fused-ring (bicyclic) bond motifs is 1. The molecule has 11 nitrogen and oxygen atoms in total. The molecule has 38 heavy (non-hydrogen) atoms. The molecular weight excluding hydrogens is 508 g/mol. The molecule has 0 spiro atoms. The van der Waals surface area contributed by atoms with Gasteiger partial charge in [-0.1, -0.05) is 0 Å². The molecule has 2 aromatic heterocycles. The molecule has 0 saturated carbocycles. The predicted octanol–water partition coefficient (Wildman–Crippen LogP) is 3.90. The Morgan fingerprint density at radius 1 is 1.05 bits per heavy atom. The van der Waals surface area contributed by atoms with Crippen molar-refractivity contribution < 1.29 is 22.7 Å². The summed E-state index contributed by atoms with van der Waals surface area (Å²) in [6.45, 7) is 6.51. The zero-order valence-corrected chi connectivity index (χ0v) is 21.8. The van der Waals surface area contributed by atoms with Crippen molar-refractivity contribution in [2.75, 3.05) is 41.2 Å². The van der Waals surface area contributed by atoms with E-state index < -0.39 is 16.0 Å². The summed E-state index contributed by atoms with van der Waals surface area (Å²) in [5.41, 5.74) is 2.57. The molecule has 3 heterocycles. The summed E-state index contributed by atoms with van der Waals surface area (Å²) in [6, 6.07) is 14.6. The van der Waals surface area contributed by atoms with Gasteiger partial charge in [0.05, 0.1) is 52.7 Å². The van der Waals surface area contributed by atoms with Crippen molar-refractivity contribution in [1.82, 2.24) is 15.0 Å². The summed E-state index contributed by atoms with van der Waals surface area (Å²) in [6.07, 6.45) is 1.48. The monoisotopic (exact) mass is 536 g/mol. The zero-order chi connectivity index (χ0) is 26.7. The van der Waals surface area contributed by atoms with E-state index in [4.69, 9.17) is 9.47 Å². The number of rotatable bonds is 8. The number of carbonyl (C=O) groups excluding carboxylic acids is 1. The van der Waals surface area contributed by atoms with Crippen molar-refractivity contribution in [3.8, 4) is 0 Å². The lowest BCUT2D eigenvalue weighted by molar-refractivity contribution is 0.0378. The van der Waals surface area contributed by atoms with E-state index in [0.717, 1.165) is 24.6 Å². The van der Waals surface area contributed by atoms with E-state index in [-0.39, 0.29) is 11.0 Å². The highest BCUT2D eigenvalue weighted by Gasteiger charge is 2.17. The number of imidazole rings is 1. The molecule has 0 radical (unpaired) electrons. The van der Waals surface area contributed by atoms with Gasteiger partial charge in [0.25, 0.3) is 10.0 Å². The Labute approximate surface area is 220 Å². The first kappa shape index (κ1) is 25.5. The highest BCUT2D eigenvalue weighted by atomic mass is 32.2. The molecule has 1 saturated heterocycles. The van der Waals surface area contributed by atoms with Crippen LogP contribution in [0, 0.1) is 0 Å². The third kappa shape index (κ3) is 5.87. The summed E-state index contributed by atoms with van der Waals surface area (Å²) in [5.74, 6) is 0.884. The molecule has 0 amide bonds. The van der Waals surface area contributed by atoms with E-state index in [1.54, 1.807) is 26.1 Å². The lowest BCUT2D eigenvalue weighted by Gasteiger charge is -2.27. The molecule has 12 heteroatoms. The van der Waals surface area contributed by atoms with E-state index in [2.05, 4.69) is 29.9 Å². The van der Waals surface area contributed by atoms with Gasteiger partial charge in [0.15, 0.2) is 0 Å². The second-order valence-corrected chi connectivity index (χ2v) is 10.7. The van der Waals surface area contributed by atoms with Crippen LogP contribution in [-0.4, -0.2) is 61.7 Å². The van der Waals surface area contributed by atoms with Crippen LogP contribution in [0.25, 0.3) is 11.0 Å². The molecule has 2 aromatic carbocycles. The van der Waals surface area contributed by atoms with E-state index >= 15 is 0 Å². The van der Waals surface area contributed by atoms with Crippen LogP contribution in [-0.2, 0) is 19.5 Å². The standard InChI is InChI=1S/C26H28N6O5S/c1-17(2)37-25(33)18-3-5-19(6-4-18)31-38(34,35)21-8-9-22-23(15-21)30-26(29-22)28-20-7-10-24(27-16-20)32-11-13-36-14-12-32/h3-10,15-17,31H,11-14H2,1-2H3,(H2,28,29,30). The number of anilines is 4. The number of nitrogens with zero attached hydrogens (tertiary/aromatic N) is 3. The first-order chi connectivity index (χ1) is 18.3. The number of aromatic amines is 1. The Balaban J connectivity index is 1.27. The second kappa shape index (κ2) is 10.7. The van der Waals surface area contributed by atoms with Gasteiger partial charge in [-0.15, -0.1) is 0 Å². The van der Waals surface area contributed by atoms with Gasteiger partial charge in [-0.3, -0.25) is 4.72 Å². The third-order valence-electron chi connectivity index (χ3n) is 5.83. The minimum absolute atomic E-state index is 0.0582. The van der Waals surface area contributed by atoms with E-state index in [1.807, 2.05) is 12.1 Å². The van der Waals surface area contributed by atoms with Gasteiger partial charge in [0, 0.05) is 18.8 Å². The minimum atomic E-state index is -3.89. The maximum atomic E-state index is 13.0. The number of hydrogen-bond donors (Lipinski definition) is 3. The average molecular weight is 537 g/mol. The molecule has 3 N–H and O–H groups in total. The lowest BCUT2D eigenvalue weighted by atomic mass is 10.2. The Morgan fingerprint density at radius 2 is 1.79 bits per heavy atom. The Morgan fingerprint density at radius 3 is 2.47 bits per heavy atom. The highest BCUT2D eigenvalue weighted by Crippen LogP contribution is 2.24. The van der Waals surface area contributed by atoms with Gasteiger partial charge >= 0.3 is 5.97 Å². The van der Waals surface area contributed by atoms with Crippen molar-refractivity contribution in [2.45, 2.75) is 24.8 Å². The summed E-state index contributed by atoms with van der Waals surface area (Å²) < 4.78 is 39.1. The fourth-order valence-electron chi connectivity index (χ4n) is 3.96. The number of aromatic nitrogens is 3. The largest absolute Gasteiger partial charge is 0.459 e. The number of nitrogens with one attached hydrogen (secondary N) is 3. The van der Waals surface area contributed by atoms with Crippen molar-refractivity contribution in [3.05, 3.63) is 66.4 Å². The number of ether oxygens (including phenoxy) is 2. The van der Waals surface area contributed by atoms with Crippen molar-refractivity contribution in [1.29, 1.82) is 0 Å². The molecule has 1 aliphatic heterocycles. The first-order valence-electron chi connectivity index (χ1n) is 12.2. The Kier molecular flexibility index (Phi) is 7.16. The second-order valence-electron chi connectivity index (χ2n) is 9.03. The van der Waals surface area contributed by atoms with Crippen LogP contribution in [0.2, 0.25) is 0 Å². The molecule has 0 bridgehead atoms. The van der Waals surface area contributed by atoms with Crippen LogP contribution in [0.5, 0.6) is 0 Å². The van der Waals surface area contributed by atoms with Gasteiger partial charge in [-0.2, -0.15) is 0 Å². The number of pyridine rings is 1. The van der Waals surface area contributed by atoms with Crippen LogP contribution < -0.4 is 14.9 Å². The van der Waals surface area contributed by atoms with Crippen molar-refractivity contribution >= 4 is 50.2 Å². The molecule has 0 unspecified atom stereocenters. The van der Waals surface area contributed by atoms with Crippen LogP contribution in [0.1, 0.15) is 24.2 Å². The SMILES string of the molecule is CC(C)OC(=O)c1ccc(NS(=O)(=O)c2ccc3[nH]c(Nc4ccc(N5CCOCC5)nc4)nc3c2)cc1. The normalized spacial score (nSPS) is 14.0. The maximum absolute atomic E-state index is 13.0. The van der Waals surface area contributed by atoms with Crippen LogP contribution >= 0.6 is 0 Å². The molecule has 0 atom stereocenters. The predicted molar refractivity (Wildman–Crippen MR) is 144 cm³/mol. The lowest BCUT2D eigenvalue weighted by Crippen LogP contribution is -2.36. The number of H-pyrrole nitrogens is 1. The molecule has 5 rings (SSSR count). The quantitative estimate of drug-likeness (QED) is 0.286. The Hall–Kier alpha value is -4.16. The number of esters is 1. The number of sulfonamides is 1. The van der Waals surface area contributed by atoms with Crippen LogP contribution in [0.3, 0.4) is 0 Å². The smallest absolute Gasteiger partial charge is 0.338 e. The average Bonchev–Trinajstić information content (AvgIpc) is 3.31. The molecule has 1 aliphatic rings. The molecule has 1 fully saturated rings. The summed E-state index contributed by atoms with van der Waals surface area (Å²) in [7, 11) is -3.89. The van der Waals surface area contributed by atoms with Crippen LogP contribution in [0.15, 0.2) is 65.7 Å². The van der Waals surface area contributed by atoms with E-state index in [1.165, 1.54) is 36.4 Å². The molecule has 4 aromatic rings. The number of morpholine rings is 1. The van der Waals surface area contributed by atoms with Gasteiger partial charge in [-0.05, 0) is 68.4 Å². The van der Waals surface area contributed by atoms with Gasteiger partial charge in [-0.25, -0.2) is 23.2 Å². The fraction of sp³-hybridized carbons (Fsp3) is 0.269. The molecule has 198 valence electrons. The fourth-order valence-corrected chi connectivity index (χ4v) is 5.04. The van der Waals surface area contributed by atoms with Gasteiger partial charge in [0.2, 0.25) is 5.95 Å². The van der Waals surface area contributed by atoms with Crippen molar-refractivity contribution in [3.63, 3.8) is 0 Å². The summed E-state index contributed by atoms with van der Waals surface area (Å²) >= 11 is 0. The Bertz CT molecular complexity index is 1530. The van der Waals surface area contributed by atoms with Crippen molar-refractivity contribution in [2.24, 2.45) is 0 Å². The van der Waals surface area contributed by atoms with E-state index in [0.29, 0.717) is 41.4 Å². The maximum Gasteiger partial charge on any atom is 0.338 e. The van der Waals surface area contributed by atoms with Gasteiger partial charge < -0.3 is 24.7 Å². The number of benzene rings is 2. The summed E-state index contributed by atoms with van der Waals surface area (Å²) in [5, 5.41) is 3.17. The van der Waals surface area contributed by atoms with Gasteiger partial charge in [0.1, 0.15) is 5.82 Å². The first-order valence-corrected chi connectivity index (χ1v) is 13.6. The number of hydrogen-bond acceptors (Lipinski definition) is 9. The topological polar surface area (TPSA) is 139 Å².